The lowest BCUT2D eigenvalue weighted by Crippen LogP contribution is -2.48. The quantitative estimate of drug-likeness (QED) is 0.610. The first-order chi connectivity index (χ1) is 7.81. The molecule has 2 N–H and O–H groups in total. The fraction of sp³-hybridized carbons (Fsp3) is 0.692. The molecule has 0 bridgehead atoms. The Morgan fingerprint density at radius 1 is 0.895 bits per heavy atom. The zero-order valence-electron chi connectivity index (χ0n) is 12.8. The van der Waals surface area contributed by atoms with Crippen molar-refractivity contribution in [3.8, 4) is 0 Å². The molecule has 2 aliphatic rings. The van der Waals surface area contributed by atoms with E-state index >= 15 is 0 Å². The van der Waals surface area contributed by atoms with Crippen LogP contribution in [0.4, 0.5) is 0 Å². The predicted octanol–water partition coefficient (Wildman–Crippen LogP) is 0.690. The molecule has 0 radical (unpaired) electrons. The Morgan fingerprint density at radius 3 is 1.58 bits per heavy atom. The molecule has 114 valence electrons. The van der Waals surface area contributed by atoms with Crippen LogP contribution in [0.25, 0.3) is 0 Å². The van der Waals surface area contributed by atoms with Gasteiger partial charge in [-0.2, -0.15) is 0 Å². The van der Waals surface area contributed by atoms with Crippen LogP contribution in [-0.2, 0) is 4.74 Å². The first kappa shape index (κ1) is 20.4. The average Bonchev–Trinajstić information content (AvgIpc) is 2.23. The van der Waals surface area contributed by atoms with E-state index in [-0.39, 0.29) is 11.0 Å². The number of ether oxygens (including phenoxy) is 1. The normalized spacial score (nSPS) is 22.5. The molecule has 2 aliphatic heterocycles. The van der Waals surface area contributed by atoms with Gasteiger partial charge in [0, 0.05) is 7.05 Å². The molecule has 1 saturated heterocycles. The molecule has 6 heteroatoms. The van der Waals surface area contributed by atoms with Crippen molar-refractivity contribution in [1.29, 1.82) is 0 Å². The zero-order chi connectivity index (χ0) is 12.9. The average molecular weight is 275 g/mol. The smallest absolute Gasteiger partial charge is 0.116 e. The van der Waals surface area contributed by atoms with Gasteiger partial charge in [0.15, 0.2) is 0 Å². The second kappa shape index (κ2) is 8.29. The van der Waals surface area contributed by atoms with Crippen molar-refractivity contribution in [3.05, 3.63) is 24.8 Å². The summed E-state index contributed by atoms with van der Waals surface area (Å²) in [6.07, 6.45) is 8.36. The highest BCUT2D eigenvalue weighted by atomic mass is 16.5. The number of quaternary nitrogens is 2. The van der Waals surface area contributed by atoms with Crippen molar-refractivity contribution in [2.45, 2.75) is 0 Å². The third-order valence-corrected chi connectivity index (χ3v) is 3.05. The molecule has 0 aromatic carbocycles. The first-order valence-electron chi connectivity index (χ1n) is 6.15. The fourth-order valence-electron chi connectivity index (χ4n) is 1.49. The second-order valence-electron chi connectivity index (χ2n) is 5.89. The third kappa shape index (κ3) is 8.74. The summed E-state index contributed by atoms with van der Waals surface area (Å²) in [7, 11) is 10.7. The third-order valence-electron chi connectivity index (χ3n) is 3.05. The van der Waals surface area contributed by atoms with Gasteiger partial charge in [-0.3, -0.25) is 4.48 Å². The van der Waals surface area contributed by atoms with Crippen LogP contribution in [0.5, 0.6) is 0 Å². The second-order valence-corrected chi connectivity index (χ2v) is 5.89. The molecular formula is C13H29N3O3. The van der Waals surface area contributed by atoms with E-state index in [2.05, 4.69) is 53.0 Å². The van der Waals surface area contributed by atoms with Gasteiger partial charge in [-0.25, -0.2) is 0 Å². The van der Waals surface area contributed by atoms with Crippen LogP contribution in [0, 0.1) is 0 Å². The van der Waals surface area contributed by atoms with E-state index < -0.39 is 0 Å². The molecule has 1 fully saturated rings. The van der Waals surface area contributed by atoms with Gasteiger partial charge in [0.05, 0.1) is 53.8 Å². The lowest BCUT2D eigenvalue weighted by atomic mass is 10.4. The molecule has 0 unspecified atom stereocenters. The van der Waals surface area contributed by atoms with Crippen molar-refractivity contribution in [1.82, 2.24) is 4.90 Å². The van der Waals surface area contributed by atoms with Gasteiger partial charge in [0.1, 0.15) is 25.5 Å². The molecule has 0 spiro atoms. The minimum absolute atomic E-state index is 0. The molecule has 19 heavy (non-hydrogen) atoms. The van der Waals surface area contributed by atoms with Crippen molar-refractivity contribution >= 4 is 0 Å². The van der Waals surface area contributed by atoms with Crippen LogP contribution in [0.15, 0.2) is 24.8 Å². The van der Waals surface area contributed by atoms with E-state index in [1.54, 1.807) is 0 Å². The van der Waals surface area contributed by atoms with Gasteiger partial charge >= 0.3 is 0 Å². The summed E-state index contributed by atoms with van der Waals surface area (Å²) in [4.78, 5) is 2.03. The molecule has 0 saturated carbocycles. The van der Waals surface area contributed by atoms with Gasteiger partial charge in [-0.05, 0) is 0 Å². The minimum atomic E-state index is 0. The molecule has 0 aromatic rings. The fourth-order valence-corrected chi connectivity index (χ4v) is 1.49. The Kier molecular flexibility index (Phi) is 8.90. The summed E-state index contributed by atoms with van der Waals surface area (Å²) in [6.45, 7) is 4.21. The first-order valence-corrected chi connectivity index (χ1v) is 6.15. The molecule has 0 atom stereocenters. The van der Waals surface area contributed by atoms with Crippen LogP contribution in [0.2, 0.25) is 0 Å². The Bertz CT molecular complexity index is 278. The Labute approximate surface area is 117 Å². The summed E-state index contributed by atoms with van der Waals surface area (Å²) in [6, 6.07) is 0. The lowest BCUT2D eigenvalue weighted by molar-refractivity contribution is -0.898. The molecule has 6 nitrogen and oxygen atoms in total. The summed E-state index contributed by atoms with van der Waals surface area (Å²) < 4.78 is 7.15. The summed E-state index contributed by atoms with van der Waals surface area (Å²) in [5.74, 6) is 0. The highest BCUT2D eigenvalue weighted by Crippen LogP contribution is 2.06. The van der Waals surface area contributed by atoms with Crippen molar-refractivity contribution < 1.29 is 24.7 Å². The maximum Gasteiger partial charge on any atom is 0.116 e. The van der Waals surface area contributed by atoms with Crippen molar-refractivity contribution in [2.75, 3.05) is 61.5 Å². The van der Waals surface area contributed by atoms with Crippen LogP contribution in [0.1, 0.15) is 0 Å². The molecular weight excluding hydrogens is 246 g/mol. The molecule has 2 heterocycles. The maximum atomic E-state index is 5.19. The topological polar surface area (TPSA) is 72.5 Å². The number of nitrogens with zero attached hydrogens (tertiary/aromatic N) is 3. The largest absolute Gasteiger partial charge is 0.870 e. The highest BCUT2D eigenvalue weighted by Gasteiger charge is 2.18. The minimum Gasteiger partial charge on any atom is -0.870 e. The Hall–Kier alpha value is -0.920. The van der Waals surface area contributed by atoms with E-state index in [1.807, 2.05) is 11.9 Å². The molecule has 2 rings (SSSR count). The van der Waals surface area contributed by atoms with Crippen LogP contribution < -0.4 is 0 Å². The van der Waals surface area contributed by atoms with Gasteiger partial charge in [-0.15, -0.1) is 0 Å². The summed E-state index contributed by atoms with van der Waals surface area (Å²) >= 11 is 0. The van der Waals surface area contributed by atoms with Gasteiger partial charge < -0.3 is 25.1 Å². The standard InChI is InChI=1S/C7H13N2.C6H14NO.2H2O/c1-8-4-6-9(2,3)7-5-8;1-7(2)3-5-8-6-4-7;;/h4-7H,1-3H3;3-6H2,1-2H3;2*1H2/q2*+1;;/p-2. The zero-order valence-corrected chi connectivity index (χ0v) is 12.8. The van der Waals surface area contributed by atoms with Crippen LogP contribution in [-0.4, -0.2) is 86.4 Å². The van der Waals surface area contributed by atoms with E-state index in [9.17, 15) is 0 Å². The predicted molar refractivity (Wildman–Crippen MR) is 74.7 cm³/mol. The van der Waals surface area contributed by atoms with E-state index in [4.69, 9.17) is 4.74 Å². The summed E-state index contributed by atoms with van der Waals surface area (Å²) in [5.41, 5.74) is 0. The number of hydrogen-bond acceptors (Lipinski definition) is 4. The van der Waals surface area contributed by atoms with Crippen LogP contribution in [0.3, 0.4) is 0 Å². The Morgan fingerprint density at radius 2 is 1.32 bits per heavy atom. The van der Waals surface area contributed by atoms with Crippen molar-refractivity contribution in [2.24, 2.45) is 0 Å². The molecule has 0 amide bonds. The molecule has 0 aliphatic carbocycles. The lowest BCUT2D eigenvalue weighted by Gasteiger charge is -2.33. The van der Waals surface area contributed by atoms with Crippen molar-refractivity contribution in [3.63, 3.8) is 0 Å². The highest BCUT2D eigenvalue weighted by molar-refractivity contribution is 4.89. The number of hydrogen-bond donors (Lipinski definition) is 0. The number of morpholine rings is 1. The maximum absolute atomic E-state index is 5.19. The van der Waals surface area contributed by atoms with E-state index in [0.717, 1.165) is 22.2 Å². The van der Waals surface area contributed by atoms with Gasteiger partial charge in [0.25, 0.3) is 0 Å². The van der Waals surface area contributed by atoms with Gasteiger partial charge in [0.2, 0.25) is 0 Å². The summed E-state index contributed by atoms with van der Waals surface area (Å²) in [5, 5.41) is 0. The molecule has 0 aromatic heterocycles. The monoisotopic (exact) mass is 275 g/mol. The van der Waals surface area contributed by atoms with E-state index in [1.165, 1.54) is 13.1 Å². The van der Waals surface area contributed by atoms with Gasteiger partial charge in [-0.1, -0.05) is 0 Å². The number of rotatable bonds is 0. The van der Waals surface area contributed by atoms with Crippen LogP contribution >= 0.6 is 0 Å². The Balaban J connectivity index is 0. The van der Waals surface area contributed by atoms with E-state index in [0.29, 0.717) is 0 Å². The number of likely N-dealkylation sites (N-methyl/N-ethyl adjacent to an activating group) is 1. The SMILES string of the molecule is CN1C=C[N+](C)(C)C=C1.C[N+]1(C)CCOCC1.[OH-].[OH-].